The Morgan fingerprint density at radius 1 is 1.19 bits per heavy atom. The molecular formula is C21H23FN2O3. The van der Waals surface area contributed by atoms with E-state index in [4.69, 9.17) is 4.74 Å². The van der Waals surface area contributed by atoms with Crippen LogP contribution in [0.5, 0.6) is 5.75 Å². The number of nitrogens with one attached hydrogen (secondary N) is 2. The van der Waals surface area contributed by atoms with Gasteiger partial charge in [-0.3, -0.25) is 9.59 Å². The molecule has 2 amide bonds. The van der Waals surface area contributed by atoms with Crippen molar-refractivity contribution in [1.82, 2.24) is 5.32 Å². The molecule has 0 aliphatic heterocycles. The molecule has 0 spiro atoms. The summed E-state index contributed by atoms with van der Waals surface area (Å²) in [6.45, 7) is 2.40. The van der Waals surface area contributed by atoms with Crippen LogP contribution in [0.2, 0.25) is 0 Å². The van der Waals surface area contributed by atoms with Gasteiger partial charge in [0.05, 0.1) is 18.4 Å². The molecule has 0 saturated heterocycles. The Balaban J connectivity index is 1.61. The molecule has 2 atom stereocenters. The van der Waals surface area contributed by atoms with Crippen LogP contribution in [0.15, 0.2) is 42.5 Å². The third-order valence-corrected chi connectivity index (χ3v) is 4.79. The van der Waals surface area contributed by atoms with E-state index in [0.29, 0.717) is 24.6 Å². The number of ether oxygens (including phenoxy) is 1. The van der Waals surface area contributed by atoms with Gasteiger partial charge in [-0.2, -0.15) is 0 Å². The number of rotatable bonds is 7. The van der Waals surface area contributed by atoms with Gasteiger partial charge in [-0.1, -0.05) is 19.1 Å². The highest BCUT2D eigenvalue weighted by Crippen LogP contribution is 2.38. The molecule has 1 saturated carbocycles. The van der Waals surface area contributed by atoms with Gasteiger partial charge in [0.25, 0.3) is 5.91 Å². The SMILES string of the molecule is COc1ccc(CCNC(=O)c2cc(F)ccc2NC(=O)C2CC2C)cc1. The minimum Gasteiger partial charge on any atom is -0.497 e. The lowest BCUT2D eigenvalue weighted by Gasteiger charge is -2.12. The first-order valence-electron chi connectivity index (χ1n) is 8.99. The molecule has 6 heteroatoms. The lowest BCUT2D eigenvalue weighted by atomic mass is 10.1. The molecule has 2 N–H and O–H groups in total. The lowest BCUT2D eigenvalue weighted by Crippen LogP contribution is -2.27. The fourth-order valence-electron chi connectivity index (χ4n) is 2.93. The molecule has 0 heterocycles. The van der Waals surface area contributed by atoms with Gasteiger partial charge < -0.3 is 15.4 Å². The maximum absolute atomic E-state index is 13.6. The summed E-state index contributed by atoms with van der Waals surface area (Å²) in [7, 11) is 1.61. The van der Waals surface area contributed by atoms with Gasteiger partial charge in [-0.05, 0) is 54.7 Å². The van der Waals surface area contributed by atoms with E-state index >= 15 is 0 Å². The normalized spacial score (nSPS) is 17.9. The van der Waals surface area contributed by atoms with E-state index in [2.05, 4.69) is 10.6 Å². The zero-order valence-electron chi connectivity index (χ0n) is 15.4. The minimum absolute atomic E-state index is 0.0268. The largest absolute Gasteiger partial charge is 0.497 e. The van der Waals surface area contributed by atoms with Crippen molar-refractivity contribution in [1.29, 1.82) is 0 Å². The van der Waals surface area contributed by atoms with Gasteiger partial charge in [0.2, 0.25) is 5.91 Å². The van der Waals surface area contributed by atoms with Crippen LogP contribution in [0.1, 0.15) is 29.3 Å². The molecule has 2 aromatic carbocycles. The molecule has 0 aromatic heterocycles. The standard InChI is InChI=1S/C21H23FN2O3/c1-13-11-17(13)21(26)24-19-8-5-15(22)12-18(19)20(25)23-10-9-14-3-6-16(27-2)7-4-14/h3-8,12-13,17H,9-11H2,1-2H3,(H,23,25)(H,24,26). The molecular weight excluding hydrogens is 347 g/mol. The number of benzene rings is 2. The molecule has 1 aliphatic rings. The van der Waals surface area contributed by atoms with Gasteiger partial charge in [0.1, 0.15) is 11.6 Å². The highest BCUT2D eigenvalue weighted by molar-refractivity contribution is 6.04. The summed E-state index contributed by atoms with van der Waals surface area (Å²) in [5.74, 6) is 0.0396. The number of methoxy groups -OCH3 is 1. The second-order valence-electron chi connectivity index (χ2n) is 6.85. The Bertz CT molecular complexity index is 836. The van der Waals surface area contributed by atoms with Crippen LogP contribution in [0.3, 0.4) is 0 Å². The number of carbonyl (C=O) groups excluding carboxylic acids is 2. The fourth-order valence-corrected chi connectivity index (χ4v) is 2.93. The summed E-state index contributed by atoms with van der Waals surface area (Å²) >= 11 is 0. The van der Waals surface area contributed by atoms with Crippen molar-refractivity contribution in [2.24, 2.45) is 11.8 Å². The zero-order valence-corrected chi connectivity index (χ0v) is 15.4. The Hall–Kier alpha value is -2.89. The monoisotopic (exact) mass is 370 g/mol. The Labute approximate surface area is 157 Å². The highest BCUT2D eigenvalue weighted by Gasteiger charge is 2.39. The van der Waals surface area contributed by atoms with E-state index in [1.165, 1.54) is 12.1 Å². The summed E-state index contributed by atoms with van der Waals surface area (Å²) in [5, 5.41) is 5.53. The number of halogens is 1. The van der Waals surface area contributed by atoms with Gasteiger partial charge in [0, 0.05) is 12.5 Å². The van der Waals surface area contributed by atoms with E-state index in [-0.39, 0.29) is 17.4 Å². The van der Waals surface area contributed by atoms with Crippen molar-refractivity contribution < 1.29 is 18.7 Å². The number of carbonyl (C=O) groups is 2. The molecule has 0 bridgehead atoms. The van der Waals surface area contributed by atoms with Crippen molar-refractivity contribution in [3.05, 3.63) is 59.4 Å². The van der Waals surface area contributed by atoms with E-state index in [1.54, 1.807) is 7.11 Å². The summed E-state index contributed by atoms with van der Waals surface area (Å²) in [4.78, 5) is 24.6. The topological polar surface area (TPSA) is 67.4 Å². The van der Waals surface area contributed by atoms with Crippen LogP contribution in [0.25, 0.3) is 0 Å². The summed E-state index contributed by atoms with van der Waals surface area (Å²) in [5.41, 5.74) is 1.51. The van der Waals surface area contributed by atoms with Crippen LogP contribution in [-0.4, -0.2) is 25.5 Å². The second-order valence-corrected chi connectivity index (χ2v) is 6.85. The maximum atomic E-state index is 13.6. The average Bonchev–Trinajstić information content (AvgIpc) is 3.40. The van der Waals surface area contributed by atoms with Crippen molar-refractivity contribution in [2.45, 2.75) is 19.8 Å². The molecule has 5 nitrogen and oxygen atoms in total. The quantitative estimate of drug-likeness (QED) is 0.785. The first-order chi connectivity index (χ1) is 13.0. The van der Waals surface area contributed by atoms with Crippen LogP contribution in [-0.2, 0) is 11.2 Å². The smallest absolute Gasteiger partial charge is 0.253 e. The van der Waals surface area contributed by atoms with Crippen molar-refractivity contribution in [2.75, 3.05) is 19.0 Å². The van der Waals surface area contributed by atoms with Crippen LogP contribution >= 0.6 is 0 Å². The van der Waals surface area contributed by atoms with Crippen LogP contribution in [0, 0.1) is 17.7 Å². The first-order valence-corrected chi connectivity index (χ1v) is 8.99. The Kier molecular flexibility index (Phi) is 5.74. The Morgan fingerprint density at radius 3 is 2.52 bits per heavy atom. The van der Waals surface area contributed by atoms with Gasteiger partial charge in [-0.15, -0.1) is 0 Å². The molecule has 2 aromatic rings. The molecule has 142 valence electrons. The fraction of sp³-hybridized carbons (Fsp3) is 0.333. The third kappa shape index (κ3) is 4.84. The predicted octanol–water partition coefficient (Wildman–Crippen LogP) is 3.40. The van der Waals surface area contributed by atoms with Gasteiger partial charge in [-0.25, -0.2) is 4.39 Å². The highest BCUT2D eigenvalue weighted by atomic mass is 19.1. The first kappa shape index (κ1) is 18.9. The van der Waals surface area contributed by atoms with E-state index < -0.39 is 11.7 Å². The van der Waals surface area contributed by atoms with Gasteiger partial charge in [0.15, 0.2) is 0 Å². The second kappa shape index (κ2) is 8.20. The lowest BCUT2D eigenvalue weighted by molar-refractivity contribution is -0.117. The summed E-state index contributed by atoms with van der Waals surface area (Å²) in [6, 6.07) is 11.4. The molecule has 2 unspecified atom stereocenters. The number of hydrogen-bond acceptors (Lipinski definition) is 3. The van der Waals surface area contributed by atoms with Crippen LogP contribution < -0.4 is 15.4 Å². The van der Waals surface area contributed by atoms with Gasteiger partial charge >= 0.3 is 0 Å². The molecule has 1 fully saturated rings. The van der Waals surface area contributed by atoms with E-state index in [0.717, 1.165) is 23.8 Å². The van der Waals surface area contributed by atoms with Crippen molar-refractivity contribution >= 4 is 17.5 Å². The third-order valence-electron chi connectivity index (χ3n) is 4.79. The average molecular weight is 370 g/mol. The van der Waals surface area contributed by atoms with Crippen LogP contribution in [0.4, 0.5) is 10.1 Å². The number of anilines is 1. The Morgan fingerprint density at radius 2 is 1.89 bits per heavy atom. The number of hydrogen-bond donors (Lipinski definition) is 2. The van der Waals surface area contributed by atoms with Crippen molar-refractivity contribution in [3.63, 3.8) is 0 Å². The molecule has 0 radical (unpaired) electrons. The number of amides is 2. The predicted molar refractivity (Wildman–Crippen MR) is 101 cm³/mol. The van der Waals surface area contributed by atoms with Crippen molar-refractivity contribution in [3.8, 4) is 5.75 Å². The molecule has 1 aliphatic carbocycles. The van der Waals surface area contributed by atoms with E-state index in [9.17, 15) is 14.0 Å². The molecule has 3 rings (SSSR count). The summed E-state index contributed by atoms with van der Waals surface area (Å²) < 4.78 is 18.7. The minimum atomic E-state index is -0.520. The zero-order chi connectivity index (χ0) is 19.4. The molecule has 27 heavy (non-hydrogen) atoms. The van der Waals surface area contributed by atoms with E-state index in [1.807, 2.05) is 31.2 Å². The maximum Gasteiger partial charge on any atom is 0.253 e. The summed E-state index contributed by atoms with van der Waals surface area (Å²) in [6.07, 6.45) is 1.47.